The molecule has 0 fully saturated rings. The van der Waals surface area contributed by atoms with Crippen molar-refractivity contribution < 1.29 is 4.42 Å². The van der Waals surface area contributed by atoms with Gasteiger partial charge in [0.05, 0.1) is 18.0 Å². The molecule has 0 saturated carbocycles. The Morgan fingerprint density at radius 3 is 2.77 bits per heavy atom. The molecule has 1 aromatic heterocycles. The highest BCUT2D eigenvalue weighted by Gasteiger charge is 1.85. The van der Waals surface area contributed by atoms with Crippen molar-refractivity contribution in [2.45, 2.75) is 0 Å². The highest BCUT2D eigenvalue weighted by atomic mass is 16.3. The van der Waals surface area contributed by atoms with Crippen molar-refractivity contribution in [3.63, 3.8) is 0 Å². The maximum atomic E-state index is 5.00. The van der Waals surface area contributed by atoms with Gasteiger partial charge >= 0.3 is 0 Å². The Hall–Kier alpha value is -1.83. The number of benzene rings is 1. The normalized spacial score (nSPS) is 9.54. The standard InChI is InChI=1S/C11H9NO/c1-2-6-11-10(4-1)5-3-8-13-9-7-12-11/h1-9H. The molecule has 0 bridgehead atoms. The van der Waals surface area contributed by atoms with Crippen molar-refractivity contribution in [1.82, 2.24) is 4.98 Å². The molecule has 0 aliphatic carbocycles. The van der Waals surface area contributed by atoms with E-state index < -0.39 is 0 Å². The molecule has 0 aliphatic heterocycles. The highest BCUT2D eigenvalue weighted by molar-refractivity contribution is 5.76. The lowest BCUT2D eigenvalue weighted by Crippen LogP contribution is -1.69. The second-order valence-corrected chi connectivity index (χ2v) is 2.60. The van der Waals surface area contributed by atoms with Gasteiger partial charge in [-0.05, 0) is 18.2 Å². The molecule has 64 valence electrons. The number of hydrogen-bond donors (Lipinski definition) is 0. The predicted octanol–water partition coefficient (Wildman–Crippen LogP) is 2.95. The Bertz CT molecular complexity index is 406. The molecule has 2 aromatic rings. The maximum absolute atomic E-state index is 5.00. The third-order valence-electron chi connectivity index (χ3n) is 1.72. The van der Waals surface area contributed by atoms with Gasteiger partial charge in [-0.25, -0.2) is 0 Å². The zero-order valence-electron chi connectivity index (χ0n) is 7.05. The molecule has 0 aliphatic rings. The molecule has 0 N–H and O–H groups in total. The summed E-state index contributed by atoms with van der Waals surface area (Å²) in [5.41, 5.74) is 0.953. The Morgan fingerprint density at radius 2 is 1.77 bits per heavy atom. The summed E-state index contributed by atoms with van der Waals surface area (Å²) in [6.45, 7) is 0. The Kier molecular flexibility index (Phi) is 2.23. The van der Waals surface area contributed by atoms with Gasteiger partial charge in [-0.3, -0.25) is 4.98 Å². The molecular formula is C11H9NO. The molecule has 2 nitrogen and oxygen atoms in total. The number of para-hydroxylation sites is 1. The van der Waals surface area contributed by atoms with Gasteiger partial charge in [-0.2, -0.15) is 0 Å². The topological polar surface area (TPSA) is 26.0 Å². The molecule has 13 heavy (non-hydrogen) atoms. The van der Waals surface area contributed by atoms with E-state index in [4.69, 9.17) is 4.42 Å². The highest BCUT2D eigenvalue weighted by Crippen LogP contribution is 2.06. The van der Waals surface area contributed by atoms with Crippen molar-refractivity contribution in [3.8, 4) is 0 Å². The van der Waals surface area contributed by atoms with Crippen LogP contribution in [0.4, 0.5) is 0 Å². The third-order valence-corrected chi connectivity index (χ3v) is 1.72. The first-order chi connectivity index (χ1) is 6.47. The van der Waals surface area contributed by atoms with Crippen molar-refractivity contribution in [1.29, 1.82) is 0 Å². The van der Waals surface area contributed by atoms with E-state index in [1.807, 2.05) is 36.4 Å². The SMILES string of the molecule is c1ccc2nccocccc2c1. The fraction of sp³-hybridized carbons (Fsp3) is 0. The second kappa shape index (κ2) is 3.72. The molecule has 1 heterocycles. The average Bonchev–Trinajstić information content (AvgIpc) is 2.28. The van der Waals surface area contributed by atoms with Gasteiger partial charge in [0.1, 0.15) is 6.26 Å². The summed E-state index contributed by atoms with van der Waals surface area (Å²) in [6, 6.07) is 11.8. The van der Waals surface area contributed by atoms with Crippen LogP contribution in [-0.2, 0) is 0 Å². The molecule has 0 amide bonds. The molecular weight excluding hydrogens is 162 g/mol. The van der Waals surface area contributed by atoms with E-state index in [2.05, 4.69) is 4.98 Å². The van der Waals surface area contributed by atoms with Gasteiger partial charge in [-0.1, -0.05) is 18.2 Å². The summed E-state index contributed by atoms with van der Waals surface area (Å²) in [5.74, 6) is 0. The van der Waals surface area contributed by atoms with Gasteiger partial charge in [0.25, 0.3) is 0 Å². The zero-order valence-corrected chi connectivity index (χ0v) is 7.05. The number of hydrogen-bond acceptors (Lipinski definition) is 2. The van der Waals surface area contributed by atoms with Gasteiger partial charge in [0, 0.05) is 5.39 Å². The van der Waals surface area contributed by atoms with Gasteiger partial charge < -0.3 is 4.42 Å². The van der Waals surface area contributed by atoms with Crippen molar-refractivity contribution in [2.75, 3.05) is 0 Å². The molecule has 0 spiro atoms. The van der Waals surface area contributed by atoms with E-state index in [-0.39, 0.29) is 0 Å². The summed E-state index contributed by atoms with van der Waals surface area (Å²) >= 11 is 0. The summed E-state index contributed by atoms with van der Waals surface area (Å²) < 4.78 is 5.00. The van der Waals surface area contributed by atoms with Crippen LogP contribution in [0, 0.1) is 0 Å². The van der Waals surface area contributed by atoms with Crippen LogP contribution in [0.25, 0.3) is 10.9 Å². The number of rotatable bonds is 0. The van der Waals surface area contributed by atoms with E-state index in [0.29, 0.717) is 0 Å². The van der Waals surface area contributed by atoms with Gasteiger partial charge in [0.15, 0.2) is 0 Å². The molecule has 0 atom stereocenters. The van der Waals surface area contributed by atoms with Crippen molar-refractivity contribution in [2.24, 2.45) is 0 Å². The zero-order chi connectivity index (χ0) is 8.93. The van der Waals surface area contributed by atoms with Gasteiger partial charge in [-0.15, -0.1) is 0 Å². The lowest BCUT2D eigenvalue weighted by atomic mass is 10.2. The second-order valence-electron chi connectivity index (χ2n) is 2.60. The molecule has 0 radical (unpaired) electrons. The number of aromatic nitrogens is 1. The monoisotopic (exact) mass is 171 g/mol. The van der Waals surface area contributed by atoms with Crippen LogP contribution < -0.4 is 0 Å². The predicted molar refractivity (Wildman–Crippen MR) is 51.6 cm³/mol. The summed E-state index contributed by atoms with van der Waals surface area (Å²) in [4.78, 5) is 4.23. The minimum absolute atomic E-state index is 0.953. The summed E-state index contributed by atoms with van der Waals surface area (Å²) in [5, 5.41) is 1.09. The Morgan fingerprint density at radius 1 is 0.923 bits per heavy atom. The maximum Gasteiger partial charge on any atom is 0.108 e. The van der Waals surface area contributed by atoms with E-state index in [1.165, 1.54) is 0 Å². The van der Waals surface area contributed by atoms with E-state index in [1.54, 1.807) is 18.7 Å². The van der Waals surface area contributed by atoms with E-state index >= 15 is 0 Å². The number of fused-ring (bicyclic) bond motifs is 1. The Labute approximate surface area is 76.2 Å². The van der Waals surface area contributed by atoms with Crippen LogP contribution in [0.5, 0.6) is 0 Å². The van der Waals surface area contributed by atoms with Crippen LogP contribution in [-0.4, -0.2) is 4.98 Å². The summed E-state index contributed by atoms with van der Waals surface area (Å²) in [6.07, 6.45) is 4.81. The van der Waals surface area contributed by atoms with Crippen LogP contribution in [0.2, 0.25) is 0 Å². The van der Waals surface area contributed by atoms with E-state index in [0.717, 1.165) is 10.9 Å². The largest absolute Gasteiger partial charge is 0.471 e. The first kappa shape index (κ1) is 7.80. The van der Waals surface area contributed by atoms with Crippen molar-refractivity contribution in [3.05, 3.63) is 55.1 Å². The van der Waals surface area contributed by atoms with Crippen molar-refractivity contribution >= 4 is 10.9 Å². The quantitative estimate of drug-likeness (QED) is 0.609. The lowest BCUT2D eigenvalue weighted by molar-refractivity contribution is 0.552. The van der Waals surface area contributed by atoms with Gasteiger partial charge in [0.2, 0.25) is 0 Å². The van der Waals surface area contributed by atoms with Crippen LogP contribution >= 0.6 is 0 Å². The lowest BCUT2D eigenvalue weighted by Gasteiger charge is -1.87. The molecule has 2 heteroatoms. The summed E-state index contributed by atoms with van der Waals surface area (Å²) in [7, 11) is 0. The minimum Gasteiger partial charge on any atom is -0.471 e. The average molecular weight is 171 g/mol. The van der Waals surface area contributed by atoms with Crippen LogP contribution in [0.1, 0.15) is 0 Å². The fourth-order valence-electron chi connectivity index (χ4n) is 1.13. The molecule has 0 unspecified atom stereocenters. The smallest absolute Gasteiger partial charge is 0.108 e. The Balaban J connectivity index is 2.82. The first-order valence-electron chi connectivity index (χ1n) is 4.07. The van der Waals surface area contributed by atoms with Crippen LogP contribution in [0.15, 0.2) is 59.5 Å². The van der Waals surface area contributed by atoms with Crippen LogP contribution in [0.3, 0.4) is 0 Å². The number of nitrogens with zero attached hydrogens (tertiary/aromatic N) is 1. The third kappa shape index (κ3) is 1.85. The minimum atomic E-state index is 0.953. The molecule has 2 rings (SSSR count). The van der Waals surface area contributed by atoms with E-state index in [9.17, 15) is 0 Å². The molecule has 0 saturated heterocycles. The fourth-order valence-corrected chi connectivity index (χ4v) is 1.13. The molecule has 1 aromatic carbocycles. The first-order valence-corrected chi connectivity index (χ1v) is 4.07.